The molecule has 0 aliphatic rings. The highest BCUT2D eigenvalue weighted by atomic mass is 32.2. The molecule has 10 heteroatoms. The van der Waals surface area contributed by atoms with E-state index in [0.29, 0.717) is 16.9 Å². The molecule has 2 amide bonds. The summed E-state index contributed by atoms with van der Waals surface area (Å²) in [6.45, 7) is 1.89. The number of nitrogens with zero attached hydrogens (tertiary/aromatic N) is 1. The lowest BCUT2D eigenvalue weighted by atomic mass is 10.2. The molecule has 3 aromatic carbocycles. The zero-order chi connectivity index (χ0) is 22.7. The van der Waals surface area contributed by atoms with Gasteiger partial charge in [-0.25, -0.2) is 18.2 Å². The quantitative estimate of drug-likeness (QED) is 0.302. The fraction of sp³-hybridized carbons (Fsp3) is 0.0909. The molecule has 0 atom stereocenters. The first-order valence-corrected chi connectivity index (χ1v) is 13.1. The number of benzene rings is 3. The van der Waals surface area contributed by atoms with Crippen LogP contribution < -0.4 is 15.4 Å². The Kier molecular flexibility index (Phi) is 6.35. The number of hydrogen-bond donors (Lipinski definition) is 3. The van der Waals surface area contributed by atoms with Gasteiger partial charge in [-0.05, 0) is 61.7 Å². The lowest BCUT2D eigenvalue weighted by Gasteiger charge is -2.08. The van der Waals surface area contributed by atoms with Crippen molar-refractivity contribution in [2.45, 2.75) is 16.7 Å². The molecular formula is C22H20N4O3S3. The number of nitrogens with one attached hydrogen (secondary N) is 3. The van der Waals surface area contributed by atoms with Gasteiger partial charge < -0.3 is 10.6 Å². The first-order chi connectivity index (χ1) is 15.3. The van der Waals surface area contributed by atoms with Gasteiger partial charge in [-0.15, -0.1) is 11.8 Å². The molecule has 3 N–H and O–H groups in total. The molecule has 0 aliphatic heterocycles. The smallest absolute Gasteiger partial charge is 0.308 e. The highest BCUT2D eigenvalue weighted by Crippen LogP contribution is 2.30. The largest absolute Gasteiger partial charge is 0.323 e. The van der Waals surface area contributed by atoms with E-state index in [1.807, 2.05) is 37.4 Å². The van der Waals surface area contributed by atoms with Crippen LogP contribution in [0.2, 0.25) is 0 Å². The lowest BCUT2D eigenvalue weighted by molar-refractivity contribution is 0.262. The molecule has 164 valence electrons. The SMILES string of the molecule is CSc1cccc(NC(=O)Nc2ccc3sc(NS(=O)(=O)c4ccc(C)cc4)nc3c2)c1. The van der Waals surface area contributed by atoms with E-state index in [1.165, 1.54) is 11.3 Å². The minimum Gasteiger partial charge on any atom is -0.308 e. The Balaban J connectivity index is 1.47. The van der Waals surface area contributed by atoms with Crippen LogP contribution in [0.1, 0.15) is 5.56 Å². The average Bonchev–Trinajstić information content (AvgIpc) is 3.14. The van der Waals surface area contributed by atoms with Gasteiger partial charge in [0.15, 0.2) is 5.13 Å². The highest BCUT2D eigenvalue weighted by molar-refractivity contribution is 7.98. The van der Waals surface area contributed by atoms with Crippen LogP contribution >= 0.6 is 23.1 Å². The fourth-order valence-electron chi connectivity index (χ4n) is 2.93. The minimum atomic E-state index is -3.73. The van der Waals surface area contributed by atoms with E-state index in [0.717, 1.165) is 15.2 Å². The molecule has 7 nitrogen and oxygen atoms in total. The maximum Gasteiger partial charge on any atom is 0.323 e. The number of thioether (sulfide) groups is 1. The predicted molar refractivity (Wildman–Crippen MR) is 132 cm³/mol. The molecule has 0 spiro atoms. The zero-order valence-electron chi connectivity index (χ0n) is 17.2. The van der Waals surface area contributed by atoms with Gasteiger partial charge in [-0.2, -0.15) is 0 Å². The second-order valence-electron chi connectivity index (χ2n) is 6.93. The maximum atomic E-state index is 12.6. The van der Waals surface area contributed by atoms with Gasteiger partial charge in [0.25, 0.3) is 10.0 Å². The average molecular weight is 485 g/mol. The molecule has 1 heterocycles. The van der Waals surface area contributed by atoms with Crippen molar-refractivity contribution in [2.24, 2.45) is 0 Å². The Morgan fingerprint density at radius 2 is 1.69 bits per heavy atom. The maximum absolute atomic E-state index is 12.6. The molecular weight excluding hydrogens is 464 g/mol. The molecule has 0 radical (unpaired) electrons. The summed E-state index contributed by atoms with van der Waals surface area (Å²) in [5, 5.41) is 5.84. The number of carbonyl (C=O) groups excluding carboxylic acids is 1. The third-order valence-electron chi connectivity index (χ3n) is 4.53. The van der Waals surface area contributed by atoms with Gasteiger partial charge in [0.1, 0.15) is 0 Å². The number of fused-ring (bicyclic) bond motifs is 1. The molecule has 0 unspecified atom stereocenters. The summed E-state index contributed by atoms with van der Waals surface area (Å²) >= 11 is 2.82. The van der Waals surface area contributed by atoms with Crippen molar-refractivity contribution in [1.29, 1.82) is 0 Å². The van der Waals surface area contributed by atoms with Crippen LogP contribution in [0.3, 0.4) is 0 Å². The van der Waals surface area contributed by atoms with Gasteiger partial charge in [0, 0.05) is 16.3 Å². The normalized spacial score (nSPS) is 11.3. The van der Waals surface area contributed by atoms with E-state index in [1.54, 1.807) is 54.2 Å². The Morgan fingerprint density at radius 1 is 0.969 bits per heavy atom. The van der Waals surface area contributed by atoms with Crippen LogP contribution in [-0.4, -0.2) is 25.7 Å². The monoisotopic (exact) mass is 484 g/mol. The van der Waals surface area contributed by atoms with Crippen molar-refractivity contribution in [1.82, 2.24) is 4.98 Å². The first-order valence-electron chi connectivity index (χ1n) is 9.54. The number of aryl methyl sites for hydroxylation is 1. The highest BCUT2D eigenvalue weighted by Gasteiger charge is 2.16. The van der Waals surface area contributed by atoms with E-state index in [4.69, 9.17) is 0 Å². The van der Waals surface area contributed by atoms with Crippen LogP contribution in [0.5, 0.6) is 0 Å². The molecule has 0 fully saturated rings. The number of aromatic nitrogens is 1. The van der Waals surface area contributed by atoms with Gasteiger partial charge >= 0.3 is 6.03 Å². The minimum absolute atomic E-state index is 0.173. The van der Waals surface area contributed by atoms with E-state index in [9.17, 15) is 13.2 Å². The van der Waals surface area contributed by atoms with E-state index in [2.05, 4.69) is 20.3 Å². The predicted octanol–water partition coefficient (Wildman–Crippen LogP) is 5.77. The van der Waals surface area contributed by atoms with Gasteiger partial charge in [0.05, 0.1) is 15.1 Å². The van der Waals surface area contributed by atoms with E-state index in [-0.39, 0.29) is 16.1 Å². The Hall–Kier alpha value is -3.08. The van der Waals surface area contributed by atoms with Crippen LogP contribution in [-0.2, 0) is 10.0 Å². The summed E-state index contributed by atoms with van der Waals surface area (Å²) < 4.78 is 28.5. The third kappa shape index (κ3) is 5.21. The summed E-state index contributed by atoms with van der Waals surface area (Å²) in [7, 11) is -3.73. The second-order valence-corrected chi connectivity index (χ2v) is 10.5. The van der Waals surface area contributed by atoms with Crippen LogP contribution in [0, 0.1) is 6.92 Å². The number of thiazole rings is 1. The van der Waals surface area contributed by atoms with Gasteiger partial charge in [-0.1, -0.05) is 35.1 Å². The van der Waals surface area contributed by atoms with Crippen molar-refractivity contribution >= 4 is 65.9 Å². The van der Waals surface area contributed by atoms with E-state index >= 15 is 0 Å². The molecule has 4 rings (SSSR count). The van der Waals surface area contributed by atoms with Crippen molar-refractivity contribution < 1.29 is 13.2 Å². The molecule has 0 aliphatic carbocycles. The first kappa shape index (κ1) is 22.1. The number of hydrogen-bond acceptors (Lipinski definition) is 6. The van der Waals surface area contributed by atoms with Gasteiger partial charge in [0.2, 0.25) is 0 Å². The molecule has 0 bridgehead atoms. The second kappa shape index (κ2) is 9.19. The summed E-state index contributed by atoms with van der Waals surface area (Å²) in [4.78, 5) is 17.9. The summed E-state index contributed by atoms with van der Waals surface area (Å²) in [6.07, 6.45) is 1.97. The molecule has 1 aromatic heterocycles. The Labute approximate surface area is 194 Å². The zero-order valence-corrected chi connectivity index (χ0v) is 19.7. The molecule has 4 aromatic rings. The summed E-state index contributed by atoms with van der Waals surface area (Å²) in [5.74, 6) is 0. The van der Waals surface area contributed by atoms with Crippen molar-refractivity contribution in [3.05, 3.63) is 72.3 Å². The van der Waals surface area contributed by atoms with E-state index < -0.39 is 10.0 Å². The number of carbonyl (C=O) groups is 1. The van der Waals surface area contributed by atoms with Crippen molar-refractivity contribution in [3.63, 3.8) is 0 Å². The summed E-state index contributed by atoms with van der Waals surface area (Å²) in [5.41, 5.74) is 2.80. The van der Waals surface area contributed by atoms with Crippen LogP contribution in [0.15, 0.2) is 76.5 Å². The Morgan fingerprint density at radius 3 is 2.41 bits per heavy atom. The van der Waals surface area contributed by atoms with Crippen LogP contribution in [0.4, 0.5) is 21.3 Å². The third-order valence-corrected chi connectivity index (χ3v) is 7.69. The molecule has 32 heavy (non-hydrogen) atoms. The van der Waals surface area contributed by atoms with Crippen molar-refractivity contribution in [3.8, 4) is 0 Å². The molecule has 0 saturated heterocycles. The summed E-state index contributed by atoms with van der Waals surface area (Å²) in [6, 6.07) is 19.0. The standard InChI is InChI=1S/C22H20N4O3S3/c1-14-6-9-18(10-7-14)32(28,29)26-22-25-19-13-16(8-11-20(19)31-22)24-21(27)23-15-4-3-5-17(12-15)30-2/h3-13H,1-2H3,(H,25,26)(H2,23,24,27). The fourth-order valence-corrected chi connectivity index (χ4v) is 5.47. The van der Waals surface area contributed by atoms with Crippen LogP contribution in [0.25, 0.3) is 10.2 Å². The van der Waals surface area contributed by atoms with Gasteiger partial charge in [-0.3, -0.25) is 4.72 Å². The van der Waals surface area contributed by atoms with Crippen molar-refractivity contribution in [2.75, 3.05) is 21.6 Å². The topological polar surface area (TPSA) is 100 Å². The number of anilines is 3. The lowest BCUT2D eigenvalue weighted by Crippen LogP contribution is -2.19. The molecule has 0 saturated carbocycles. The number of urea groups is 1. The Bertz CT molecular complexity index is 1380. The number of sulfonamides is 1. The number of amides is 2. The number of rotatable bonds is 6.